The molecule has 0 fully saturated rings. The number of rotatable bonds is 6. The third kappa shape index (κ3) is 3.99. The topological polar surface area (TPSA) is 52.1 Å². The summed E-state index contributed by atoms with van der Waals surface area (Å²) in [4.78, 5) is 4.29. The van der Waals surface area contributed by atoms with Crippen LogP contribution in [0.4, 0.5) is 0 Å². The van der Waals surface area contributed by atoms with Gasteiger partial charge in [-0.15, -0.1) is 0 Å². The van der Waals surface area contributed by atoms with Gasteiger partial charge in [-0.3, -0.25) is 0 Å². The van der Waals surface area contributed by atoms with E-state index in [0.717, 1.165) is 41.3 Å². The van der Waals surface area contributed by atoms with Crippen LogP contribution in [-0.4, -0.2) is 8.42 Å². The van der Waals surface area contributed by atoms with Gasteiger partial charge in [0.2, 0.25) is 0 Å². The fraction of sp³-hybridized carbons (Fsp3) is 0.250. The summed E-state index contributed by atoms with van der Waals surface area (Å²) in [5, 5.41) is 2.05. The lowest BCUT2D eigenvalue weighted by Gasteiger charge is -2.18. The third-order valence-electron chi connectivity index (χ3n) is 4.17. The third-order valence-corrected chi connectivity index (χ3v) is 5.43. The van der Waals surface area contributed by atoms with Crippen molar-refractivity contribution in [1.29, 1.82) is 0 Å². The number of fused-ring (bicyclic) bond motifs is 1. The van der Waals surface area contributed by atoms with Crippen LogP contribution in [0.15, 0.2) is 65.7 Å². The van der Waals surface area contributed by atoms with Crippen LogP contribution in [-0.2, 0) is 16.4 Å². The van der Waals surface area contributed by atoms with E-state index < -0.39 is 10.0 Å². The van der Waals surface area contributed by atoms with Crippen molar-refractivity contribution in [2.45, 2.75) is 38.0 Å². The Hall–Kier alpha value is -2.40. The van der Waals surface area contributed by atoms with Crippen LogP contribution in [0.1, 0.15) is 31.0 Å². The molecule has 0 atom stereocenters. The molecule has 0 amide bonds. The first-order chi connectivity index (χ1) is 12.0. The quantitative estimate of drug-likeness (QED) is 0.620. The first kappa shape index (κ1) is 17.4. The van der Waals surface area contributed by atoms with Crippen molar-refractivity contribution < 1.29 is 13.1 Å². The van der Waals surface area contributed by atoms with E-state index in [0.29, 0.717) is 0 Å². The maximum atomic E-state index is 12.7. The molecule has 3 rings (SSSR count). The molecule has 0 N–H and O–H groups in total. The second kappa shape index (κ2) is 7.23. The van der Waals surface area contributed by atoms with E-state index in [2.05, 4.69) is 11.8 Å². The van der Waals surface area contributed by atoms with E-state index >= 15 is 0 Å². The second-order valence-corrected chi connectivity index (χ2v) is 7.80. The fourth-order valence-corrected chi connectivity index (χ4v) is 3.67. The summed E-state index contributed by atoms with van der Waals surface area (Å²) in [7, 11) is -3.76. The lowest BCUT2D eigenvalue weighted by Crippen LogP contribution is -2.36. The van der Waals surface area contributed by atoms with E-state index in [-0.39, 0.29) is 4.90 Å². The van der Waals surface area contributed by atoms with Crippen LogP contribution < -0.4 is 4.68 Å². The van der Waals surface area contributed by atoms with Crippen molar-refractivity contribution in [3.63, 3.8) is 0 Å². The summed E-state index contributed by atoms with van der Waals surface area (Å²) in [5.41, 5.74) is 1.91. The number of aryl methyl sites for hydroxylation is 2. The minimum atomic E-state index is -3.76. The molecule has 2 aromatic carbocycles. The Morgan fingerprint density at radius 2 is 1.68 bits per heavy atom. The van der Waals surface area contributed by atoms with Gasteiger partial charge in [-0.25, -0.2) is 13.1 Å². The van der Waals surface area contributed by atoms with E-state index in [4.69, 9.17) is 0 Å². The number of nitrogens with zero attached hydrogens (tertiary/aromatic N) is 2. The smallest absolute Gasteiger partial charge is 0.178 e. The van der Waals surface area contributed by atoms with Crippen molar-refractivity contribution in [2.24, 2.45) is 0 Å². The van der Waals surface area contributed by atoms with Crippen molar-refractivity contribution in [3.8, 4) is 0 Å². The molecule has 0 aliphatic rings. The molecule has 25 heavy (non-hydrogen) atoms. The number of hydrogen-bond donors (Lipinski definition) is 0. The fourth-order valence-electron chi connectivity index (χ4n) is 2.71. The first-order valence-electron chi connectivity index (χ1n) is 8.48. The highest BCUT2D eigenvalue weighted by Gasteiger charge is 2.13. The molecule has 3 aromatic rings. The van der Waals surface area contributed by atoms with Crippen LogP contribution in [0, 0.1) is 6.92 Å². The molecule has 1 aromatic heterocycles. The summed E-state index contributed by atoms with van der Waals surface area (Å²) in [6.07, 6.45) is 4.61. The summed E-state index contributed by atoms with van der Waals surface area (Å²) in [5.74, 6) is 0. The van der Waals surface area contributed by atoms with Gasteiger partial charge in [-0.05, 0) is 36.9 Å². The van der Waals surface area contributed by atoms with Gasteiger partial charge in [-0.1, -0.05) is 49.2 Å². The van der Waals surface area contributed by atoms with Crippen LogP contribution >= 0.6 is 0 Å². The summed E-state index contributed by atoms with van der Waals surface area (Å²) >= 11 is 0. The molecule has 4 nitrogen and oxygen atoms in total. The Balaban J connectivity index is 2.02. The van der Waals surface area contributed by atoms with Gasteiger partial charge in [-0.2, -0.15) is 0 Å². The summed E-state index contributed by atoms with van der Waals surface area (Å²) in [6, 6.07) is 16.7. The molecule has 5 heteroatoms. The Bertz CT molecular complexity index is 980. The molecule has 0 spiro atoms. The second-order valence-electron chi connectivity index (χ2n) is 6.21. The van der Waals surface area contributed by atoms with Crippen molar-refractivity contribution in [3.05, 3.63) is 76.9 Å². The lowest BCUT2D eigenvalue weighted by atomic mass is 10.1. The number of pyridine rings is 1. The minimum absolute atomic E-state index is 0.209. The Labute approximate surface area is 149 Å². The van der Waals surface area contributed by atoms with Gasteiger partial charge < -0.3 is 4.83 Å². The predicted molar refractivity (Wildman–Crippen MR) is 99.9 cm³/mol. The molecule has 0 radical (unpaired) electrons. The minimum Gasteiger partial charge on any atom is -0.318 e. The van der Waals surface area contributed by atoms with E-state index in [9.17, 15) is 8.42 Å². The van der Waals surface area contributed by atoms with E-state index in [1.807, 2.05) is 37.3 Å². The van der Waals surface area contributed by atoms with E-state index in [1.165, 1.54) is 4.68 Å². The standard InChI is InChI=1S/C20H22N2O2S/c1-3-4-9-19-14-17-7-5-6-8-18(17)15-22(19)21-25(23,24)20-12-10-16(2)11-13-20/h5-8,10-15H,3-4,9H2,1-2H3. The zero-order valence-corrected chi connectivity index (χ0v) is 15.3. The van der Waals surface area contributed by atoms with Crippen molar-refractivity contribution in [1.82, 2.24) is 0 Å². The first-order valence-corrected chi connectivity index (χ1v) is 9.92. The van der Waals surface area contributed by atoms with Gasteiger partial charge >= 0.3 is 0 Å². The van der Waals surface area contributed by atoms with Crippen LogP contribution in [0.3, 0.4) is 0 Å². The number of benzene rings is 2. The molecular weight excluding hydrogens is 332 g/mol. The van der Waals surface area contributed by atoms with Gasteiger partial charge in [0.25, 0.3) is 0 Å². The Morgan fingerprint density at radius 1 is 1.00 bits per heavy atom. The highest BCUT2D eigenvalue weighted by molar-refractivity contribution is 7.93. The van der Waals surface area contributed by atoms with Crippen molar-refractivity contribution in [2.75, 3.05) is 0 Å². The molecule has 0 bridgehead atoms. The average molecular weight is 354 g/mol. The van der Waals surface area contributed by atoms with E-state index in [1.54, 1.807) is 30.5 Å². The van der Waals surface area contributed by atoms with Crippen LogP contribution in [0.5, 0.6) is 0 Å². The highest BCUT2D eigenvalue weighted by atomic mass is 32.2. The van der Waals surface area contributed by atoms with Gasteiger partial charge in [0.15, 0.2) is 21.9 Å². The summed E-state index contributed by atoms with van der Waals surface area (Å²) < 4.78 is 26.9. The molecule has 130 valence electrons. The number of sulfonamides is 1. The number of hydrogen-bond acceptors (Lipinski definition) is 2. The lowest BCUT2D eigenvalue weighted by molar-refractivity contribution is -0.621. The SMILES string of the molecule is CCCCc1cc2ccccc2c[n+]1[N-]S(=O)(=O)c1ccc(C)cc1. The Kier molecular flexibility index (Phi) is 5.04. The molecule has 0 unspecified atom stereocenters. The maximum absolute atomic E-state index is 12.7. The maximum Gasteiger partial charge on any atom is 0.178 e. The van der Waals surface area contributed by atoms with Crippen molar-refractivity contribution >= 4 is 20.8 Å². The number of unbranched alkanes of at least 4 members (excludes halogenated alkanes) is 1. The molecule has 0 aliphatic carbocycles. The molecule has 0 aliphatic heterocycles. The van der Waals surface area contributed by atoms with Crippen LogP contribution in [0.2, 0.25) is 0 Å². The van der Waals surface area contributed by atoms with Crippen LogP contribution in [0.25, 0.3) is 15.6 Å². The molecular formula is C20H22N2O2S. The van der Waals surface area contributed by atoms with Gasteiger partial charge in [0.05, 0.1) is 4.90 Å². The zero-order chi connectivity index (χ0) is 17.9. The molecule has 0 saturated heterocycles. The van der Waals surface area contributed by atoms with Gasteiger partial charge in [0.1, 0.15) is 0 Å². The molecule has 0 saturated carbocycles. The highest BCUT2D eigenvalue weighted by Crippen LogP contribution is 2.19. The largest absolute Gasteiger partial charge is 0.318 e. The normalized spacial score (nSPS) is 11.6. The molecule has 1 heterocycles. The number of aromatic nitrogens is 1. The Morgan fingerprint density at radius 3 is 2.36 bits per heavy atom. The average Bonchev–Trinajstić information content (AvgIpc) is 2.60. The zero-order valence-electron chi connectivity index (χ0n) is 14.5. The summed E-state index contributed by atoms with van der Waals surface area (Å²) in [6.45, 7) is 4.04. The monoisotopic (exact) mass is 354 g/mol. The van der Waals surface area contributed by atoms with Gasteiger partial charge in [0, 0.05) is 17.9 Å². The predicted octanol–water partition coefficient (Wildman–Crippen LogP) is 4.30.